The zero-order valence-electron chi connectivity index (χ0n) is 24.5. The Hall–Kier alpha value is -1.03. The number of likely N-dealkylation sites (tertiary alicyclic amines) is 1. The Balaban J connectivity index is 1.56. The van der Waals surface area contributed by atoms with Gasteiger partial charge in [0.05, 0.1) is 28.7 Å². The number of carbonyl (C=O) groups is 1. The normalized spacial score (nSPS) is 33.3. The van der Waals surface area contributed by atoms with Crippen LogP contribution in [0.5, 0.6) is 0 Å². The fraction of sp³-hybridized carbons (Fsp3) is 0.710. The minimum atomic E-state index is -0.779. The van der Waals surface area contributed by atoms with Crippen molar-refractivity contribution in [1.29, 1.82) is 0 Å². The molecule has 5 atom stereocenters. The number of hydrogen-bond acceptors (Lipinski definition) is 7. The smallest absolute Gasteiger partial charge is 0.232 e. The maximum atomic E-state index is 14.4. The van der Waals surface area contributed by atoms with Gasteiger partial charge in [0.25, 0.3) is 0 Å². The van der Waals surface area contributed by atoms with Crippen molar-refractivity contribution in [1.82, 2.24) is 4.90 Å². The average Bonchev–Trinajstić information content (AvgIpc) is 3.44. The van der Waals surface area contributed by atoms with Gasteiger partial charge in [-0.3, -0.25) is 4.79 Å². The van der Waals surface area contributed by atoms with Crippen LogP contribution >= 0.6 is 23.5 Å². The van der Waals surface area contributed by atoms with Crippen molar-refractivity contribution >= 4 is 35.5 Å². The van der Waals surface area contributed by atoms with Gasteiger partial charge >= 0.3 is 0 Å². The summed E-state index contributed by atoms with van der Waals surface area (Å²) in [4.78, 5) is 16.6. The van der Waals surface area contributed by atoms with E-state index in [1.54, 1.807) is 0 Å². The highest BCUT2D eigenvalue weighted by Gasteiger charge is 2.65. The van der Waals surface area contributed by atoms with Crippen molar-refractivity contribution in [3.8, 4) is 0 Å². The monoisotopic (exact) mass is 575 g/mol. The van der Waals surface area contributed by atoms with E-state index in [2.05, 4.69) is 56.0 Å². The summed E-state index contributed by atoms with van der Waals surface area (Å²) in [6.45, 7) is 14.8. The Morgan fingerprint density at radius 1 is 1.03 bits per heavy atom. The lowest BCUT2D eigenvalue weighted by molar-refractivity contribution is -0.186. The first-order valence-corrected chi connectivity index (χ1v) is 16.6. The Kier molecular flexibility index (Phi) is 8.56. The first-order valence-electron chi connectivity index (χ1n) is 14.5. The second-order valence-corrected chi connectivity index (χ2v) is 15.0. The second-order valence-electron chi connectivity index (χ2n) is 12.2. The molecule has 0 radical (unpaired) electrons. The van der Waals surface area contributed by atoms with Gasteiger partial charge in [-0.25, -0.2) is 0 Å². The Morgan fingerprint density at radius 3 is 2.28 bits per heavy atom. The molecule has 5 rings (SSSR count). The van der Waals surface area contributed by atoms with E-state index in [0.717, 1.165) is 29.9 Å². The Labute approximate surface area is 242 Å². The fourth-order valence-electron chi connectivity index (χ4n) is 6.88. The fourth-order valence-corrected chi connectivity index (χ4v) is 10.1. The molecule has 0 spiro atoms. The van der Waals surface area contributed by atoms with Crippen LogP contribution in [-0.2, 0) is 23.7 Å². The van der Waals surface area contributed by atoms with Gasteiger partial charge in [0, 0.05) is 0 Å². The first-order chi connectivity index (χ1) is 18.5. The molecule has 0 bridgehead atoms. The van der Waals surface area contributed by atoms with Gasteiger partial charge in [-0.2, -0.15) is 0 Å². The number of amides is 1. The van der Waals surface area contributed by atoms with Gasteiger partial charge in [-0.15, -0.1) is 23.5 Å². The SMILES string of the molecule is CCC1(CC)C(=O)N([C@@H](C2SCCCS2)C2OC(C)(C)OC2C2COC(C)(C)O2)[C@@H]1/C(C)=C/c1ccccc1. The van der Waals surface area contributed by atoms with Crippen molar-refractivity contribution < 1.29 is 23.7 Å². The molecule has 4 fully saturated rings. The van der Waals surface area contributed by atoms with Gasteiger partial charge in [-0.05, 0) is 76.5 Å². The van der Waals surface area contributed by atoms with Gasteiger partial charge < -0.3 is 23.8 Å². The minimum absolute atomic E-state index is 0.00141. The predicted molar refractivity (Wildman–Crippen MR) is 160 cm³/mol. The van der Waals surface area contributed by atoms with E-state index < -0.39 is 17.0 Å². The Bertz CT molecular complexity index is 1050. The highest BCUT2D eigenvalue weighted by molar-refractivity contribution is 8.17. The van der Waals surface area contributed by atoms with Crippen LogP contribution in [0.1, 0.15) is 73.3 Å². The van der Waals surface area contributed by atoms with Crippen molar-refractivity contribution in [2.75, 3.05) is 18.1 Å². The molecule has 4 saturated heterocycles. The molecule has 4 aliphatic rings. The molecule has 0 aliphatic carbocycles. The number of thioether (sulfide) groups is 2. The maximum Gasteiger partial charge on any atom is 0.232 e. The summed E-state index contributed by atoms with van der Waals surface area (Å²) in [6.07, 6.45) is 4.14. The summed E-state index contributed by atoms with van der Waals surface area (Å²) in [6, 6.07) is 10.3. The van der Waals surface area contributed by atoms with E-state index in [0.29, 0.717) is 6.61 Å². The van der Waals surface area contributed by atoms with E-state index in [4.69, 9.17) is 18.9 Å². The summed E-state index contributed by atoms with van der Waals surface area (Å²) in [5.41, 5.74) is 1.97. The largest absolute Gasteiger partial charge is 0.348 e. The molecule has 8 heteroatoms. The number of ether oxygens (including phenoxy) is 4. The van der Waals surface area contributed by atoms with Crippen LogP contribution in [0.3, 0.4) is 0 Å². The summed E-state index contributed by atoms with van der Waals surface area (Å²) in [5.74, 6) is 0.970. The summed E-state index contributed by atoms with van der Waals surface area (Å²) < 4.78 is 25.8. The third-order valence-corrected chi connectivity index (χ3v) is 11.8. The molecule has 1 aromatic rings. The number of carbonyl (C=O) groups excluding carboxylic acids is 1. The molecule has 39 heavy (non-hydrogen) atoms. The second kappa shape index (κ2) is 11.3. The quantitative estimate of drug-likeness (QED) is 0.335. The number of β-lactam (4-membered cyclic amide) rings is 1. The van der Waals surface area contributed by atoms with Crippen molar-refractivity contribution in [3.05, 3.63) is 41.5 Å². The van der Waals surface area contributed by atoms with Crippen LogP contribution in [-0.4, -0.2) is 75.5 Å². The van der Waals surface area contributed by atoms with Crippen LogP contribution < -0.4 is 0 Å². The van der Waals surface area contributed by atoms with Crippen molar-refractivity contribution in [2.45, 2.75) is 114 Å². The van der Waals surface area contributed by atoms with Gasteiger partial charge in [0.2, 0.25) is 5.91 Å². The van der Waals surface area contributed by atoms with E-state index in [-0.39, 0.29) is 40.9 Å². The number of hydrogen-bond donors (Lipinski definition) is 0. The molecule has 4 heterocycles. The summed E-state index contributed by atoms with van der Waals surface area (Å²) >= 11 is 3.91. The zero-order valence-corrected chi connectivity index (χ0v) is 26.1. The van der Waals surface area contributed by atoms with Crippen molar-refractivity contribution in [3.63, 3.8) is 0 Å². The van der Waals surface area contributed by atoms with Crippen LogP contribution in [0.2, 0.25) is 0 Å². The van der Waals surface area contributed by atoms with E-state index >= 15 is 0 Å². The molecule has 0 aromatic heterocycles. The molecule has 6 nitrogen and oxygen atoms in total. The van der Waals surface area contributed by atoms with Crippen molar-refractivity contribution in [2.24, 2.45) is 5.41 Å². The van der Waals surface area contributed by atoms with E-state index in [9.17, 15) is 4.79 Å². The van der Waals surface area contributed by atoms with Gasteiger partial charge in [-0.1, -0.05) is 50.3 Å². The number of benzene rings is 1. The van der Waals surface area contributed by atoms with Crippen LogP contribution in [0.4, 0.5) is 0 Å². The molecule has 1 amide bonds. The van der Waals surface area contributed by atoms with Gasteiger partial charge in [0.1, 0.15) is 18.3 Å². The maximum absolute atomic E-state index is 14.4. The number of rotatable bonds is 8. The summed E-state index contributed by atoms with van der Waals surface area (Å²) in [5, 5.41) is 0. The molecular formula is C31H45NO5S2. The highest BCUT2D eigenvalue weighted by atomic mass is 32.2. The standard InChI is InChI=1S/C31H45NO5S2/c1-8-31(9-2)26(20(3)18-21-14-11-10-12-15-21)32(28(31)33)23(27-38-16-13-17-39-27)25-24(36-30(6,7)37-25)22-19-34-29(4,5)35-22/h10-12,14-15,18,22-27H,8-9,13,16-17,19H2,1-7H3/b20-18+/t22?,23-,24?,25?,26-/m1/s1. The lowest BCUT2D eigenvalue weighted by Gasteiger charge is -2.61. The molecule has 3 unspecified atom stereocenters. The molecule has 4 aliphatic heterocycles. The zero-order chi connectivity index (χ0) is 28.0. The molecule has 216 valence electrons. The lowest BCUT2D eigenvalue weighted by Crippen LogP contribution is -2.75. The van der Waals surface area contributed by atoms with E-state index in [1.807, 2.05) is 57.3 Å². The molecule has 0 saturated carbocycles. The first kappa shape index (κ1) is 29.5. The predicted octanol–water partition coefficient (Wildman–Crippen LogP) is 6.34. The van der Waals surface area contributed by atoms with Crippen LogP contribution in [0.15, 0.2) is 35.9 Å². The molecule has 0 N–H and O–H groups in total. The van der Waals surface area contributed by atoms with Crippen LogP contribution in [0, 0.1) is 5.41 Å². The average molecular weight is 576 g/mol. The number of nitrogens with zero attached hydrogens (tertiary/aromatic N) is 1. The minimum Gasteiger partial charge on any atom is -0.348 e. The van der Waals surface area contributed by atoms with Gasteiger partial charge in [0.15, 0.2) is 11.6 Å². The lowest BCUT2D eigenvalue weighted by atomic mass is 9.63. The molecular weight excluding hydrogens is 530 g/mol. The molecule has 1 aromatic carbocycles. The third kappa shape index (κ3) is 5.59. The van der Waals surface area contributed by atoms with E-state index in [1.165, 1.54) is 12.0 Å². The van der Waals surface area contributed by atoms with Crippen LogP contribution in [0.25, 0.3) is 6.08 Å². The summed E-state index contributed by atoms with van der Waals surface area (Å²) in [7, 11) is 0. The topological polar surface area (TPSA) is 57.2 Å². The Morgan fingerprint density at radius 2 is 1.69 bits per heavy atom. The third-order valence-electron chi connectivity index (χ3n) is 8.70. The highest BCUT2D eigenvalue weighted by Crippen LogP contribution is 2.54.